The van der Waals surface area contributed by atoms with E-state index in [0.29, 0.717) is 6.04 Å². The van der Waals surface area contributed by atoms with Crippen LogP contribution in [0.3, 0.4) is 0 Å². The molecule has 0 aliphatic carbocycles. The molecule has 0 amide bonds. The Morgan fingerprint density at radius 1 is 1.62 bits per heavy atom. The molecule has 1 rings (SSSR count). The molecule has 0 fully saturated rings. The molecule has 1 heterocycles. The molecule has 1 N–H and O–H groups in total. The van der Waals surface area contributed by atoms with Gasteiger partial charge < -0.3 is 5.32 Å². The lowest BCUT2D eigenvalue weighted by atomic mass is 10.2. The average Bonchev–Trinajstić information content (AvgIpc) is 2.19. The third-order valence-electron chi connectivity index (χ3n) is 1.93. The van der Waals surface area contributed by atoms with Gasteiger partial charge in [-0.15, -0.1) is 6.58 Å². The minimum Gasteiger partial charge on any atom is -0.309 e. The summed E-state index contributed by atoms with van der Waals surface area (Å²) in [6.07, 6.45) is 4.73. The van der Waals surface area contributed by atoms with Crippen LogP contribution < -0.4 is 5.32 Å². The number of nitrogens with one attached hydrogen (secondary N) is 1. The van der Waals surface area contributed by atoms with Crippen molar-refractivity contribution in [2.45, 2.75) is 19.4 Å². The standard InChI is InChI=1S/C11H16N2/c1-3-4-8-12-10(2)11-7-5-6-9-13-11/h3,5-7,9-10,12H,1,4,8H2,2H3. The summed E-state index contributed by atoms with van der Waals surface area (Å²) in [5.41, 5.74) is 1.09. The minimum absolute atomic E-state index is 0.321. The lowest BCUT2D eigenvalue weighted by Gasteiger charge is -2.11. The molecular formula is C11H16N2. The van der Waals surface area contributed by atoms with E-state index in [2.05, 4.69) is 23.8 Å². The molecule has 1 atom stereocenters. The van der Waals surface area contributed by atoms with Gasteiger partial charge in [0.2, 0.25) is 0 Å². The van der Waals surface area contributed by atoms with E-state index in [1.54, 1.807) is 0 Å². The van der Waals surface area contributed by atoms with Crippen molar-refractivity contribution >= 4 is 0 Å². The first-order valence-corrected chi connectivity index (χ1v) is 4.60. The minimum atomic E-state index is 0.321. The molecule has 0 aliphatic rings. The van der Waals surface area contributed by atoms with Crippen LogP contribution in [0, 0.1) is 0 Å². The van der Waals surface area contributed by atoms with E-state index in [-0.39, 0.29) is 0 Å². The molecule has 70 valence electrons. The predicted octanol–water partition coefficient (Wildman–Crippen LogP) is 2.31. The topological polar surface area (TPSA) is 24.9 Å². The molecule has 1 unspecified atom stereocenters. The SMILES string of the molecule is C=CCCNC(C)c1ccccn1. The zero-order valence-electron chi connectivity index (χ0n) is 8.03. The molecule has 0 bridgehead atoms. The Hall–Kier alpha value is -1.15. The molecule has 0 saturated carbocycles. The second kappa shape index (κ2) is 5.49. The molecule has 0 aromatic carbocycles. The fraction of sp³-hybridized carbons (Fsp3) is 0.364. The number of aromatic nitrogens is 1. The molecular weight excluding hydrogens is 160 g/mol. The third-order valence-corrected chi connectivity index (χ3v) is 1.93. The van der Waals surface area contributed by atoms with Gasteiger partial charge in [0.15, 0.2) is 0 Å². The van der Waals surface area contributed by atoms with E-state index in [0.717, 1.165) is 18.7 Å². The van der Waals surface area contributed by atoms with Crippen molar-refractivity contribution in [1.82, 2.24) is 10.3 Å². The number of rotatable bonds is 5. The zero-order valence-corrected chi connectivity index (χ0v) is 8.03. The molecule has 2 heteroatoms. The van der Waals surface area contributed by atoms with Crippen molar-refractivity contribution in [2.75, 3.05) is 6.54 Å². The highest BCUT2D eigenvalue weighted by Gasteiger charge is 2.02. The number of hydrogen-bond donors (Lipinski definition) is 1. The van der Waals surface area contributed by atoms with Gasteiger partial charge in [-0.2, -0.15) is 0 Å². The number of nitrogens with zero attached hydrogens (tertiary/aromatic N) is 1. The van der Waals surface area contributed by atoms with Crippen molar-refractivity contribution in [1.29, 1.82) is 0 Å². The molecule has 0 spiro atoms. The van der Waals surface area contributed by atoms with Gasteiger partial charge in [0.25, 0.3) is 0 Å². The first kappa shape index (κ1) is 9.93. The Morgan fingerprint density at radius 2 is 2.46 bits per heavy atom. The van der Waals surface area contributed by atoms with Crippen molar-refractivity contribution in [3.8, 4) is 0 Å². The van der Waals surface area contributed by atoms with Crippen LogP contribution in [-0.2, 0) is 0 Å². The van der Waals surface area contributed by atoms with Gasteiger partial charge >= 0.3 is 0 Å². The zero-order chi connectivity index (χ0) is 9.52. The highest BCUT2D eigenvalue weighted by atomic mass is 14.9. The van der Waals surface area contributed by atoms with Gasteiger partial charge in [-0.25, -0.2) is 0 Å². The Bertz CT molecular complexity index is 244. The van der Waals surface area contributed by atoms with Crippen LogP contribution in [0.15, 0.2) is 37.1 Å². The first-order valence-electron chi connectivity index (χ1n) is 4.60. The van der Waals surface area contributed by atoms with Crippen molar-refractivity contribution in [3.05, 3.63) is 42.7 Å². The Morgan fingerprint density at radius 3 is 3.08 bits per heavy atom. The lowest BCUT2D eigenvalue weighted by Crippen LogP contribution is -2.20. The van der Waals surface area contributed by atoms with Crippen molar-refractivity contribution < 1.29 is 0 Å². The second-order valence-corrected chi connectivity index (χ2v) is 3.01. The monoisotopic (exact) mass is 176 g/mol. The maximum atomic E-state index is 4.27. The van der Waals surface area contributed by atoms with Crippen LogP contribution in [0.2, 0.25) is 0 Å². The maximum Gasteiger partial charge on any atom is 0.0570 e. The fourth-order valence-electron chi connectivity index (χ4n) is 1.14. The first-order chi connectivity index (χ1) is 6.34. The van der Waals surface area contributed by atoms with E-state index in [1.807, 2.05) is 30.5 Å². The quantitative estimate of drug-likeness (QED) is 0.550. The highest BCUT2D eigenvalue weighted by Crippen LogP contribution is 2.06. The van der Waals surface area contributed by atoms with Gasteiger partial charge in [-0.1, -0.05) is 12.1 Å². The summed E-state index contributed by atoms with van der Waals surface area (Å²) >= 11 is 0. The Balaban J connectivity index is 2.39. The smallest absolute Gasteiger partial charge is 0.0570 e. The molecule has 0 aliphatic heterocycles. The molecule has 13 heavy (non-hydrogen) atoms. The highest BCUT2D eigenvalue weighted by molar-refractivity contribution is 5.07. The van der Waals surface area contributed by atoms with Gasteiger partial charge in [0.05, 0.1) is 5.69 Å². The van der Waals surface area contributed by atoms with Gasteiger partial charge in [0.1, 0.15) is 0 Å². The van der Waals surface area contributed by atoms with Crippen LogP contribution >= 0.6 is 0 Å². The molecule has 0 saturated heterocycles. The summed E-state index contributed by atoms with van der Waals surface area (Å²) in [5.74, 6) is 0. The van der Waals surface area contributed by atoms with Gasteiger partial charge in [-0.05, 0) is 32.0 Å². The van der Waals surface area contributed by atoms with E-state index in [1.165, 1.54) is 0 Å². The van der Waals surface area contributed by atoms with Crippen molar-refractivity contribution in [3.63, 3.8) is 0 Å². The van der Waals surface area contributed by atoms with Crippen LogP contribution in [0.4, 0.5) is 0 Å². The van der Waals surface area contributed by atoms with Gasteiger partial charge in [-0.3, -0.25) is 4.98 Å². The number of pyridine rings is 1. The average molecular weight is 176 g/mol. The summed E-state index contributed by atoms with van der Waals surface area (Å²) in [4.78, 5) is 4.27. The van der Waals surface area contributed by atoms with Crippen molar-refractivity contribution in [2.24, 2.45) is 0 Å². The second-order valence-electron chi connectivity index (χ2n) is 3.01. The third kappa shape index (κ3) is 3.38. The predicted molar refractivity (Wildman–Crippen MR) is 55.5 cm³/mol. The molecule has 1 aromatic rings. The summed E-state index contributed by atoms with van der Waals surface area (Å²) in [6.45, 7) is 6.75. The van der Waals surface area contributed by atoms with Crippen LogP contribution in [0.1, 0.15) is 25.1 Å². The lowest BCUT2D eigenvalue weighted by molar-refractivity contribution is 0.568. The maximum absolute atomic E-state index is 4.27. The van der Waals surface area contributed by atoms with E-state index >= 15 is 0 Å². The fourth-order valence-corrected chi connectivity index (χ4v) is 1.14. The largest absolute Gasteiger partial charge is 0.309 e. The summed E-state index contributed by atoms with van der Waals surface area (Å²) in [7, 11) is 0. The van der Waals surface area contributed by atoms with E-state index in [9.17, 15) is 0 Å². The van der Waals surface area contributed by atoms with Gasteiger partial charge in [0, 0.05) is 12.2 Å². The molecule has 2 nitrogen and oxygen atoms in total. The Labute approximate surface area is 79.7 Å². The normalized spacial score (nSPS) is 12.4. The number of hydrogen-bond acceptors (Lipinski definition) is 2. The molecule has 0 radical (unpaired) electrons. The van der Waals surface area contributed by atoms with Crippen LogP contribution in [0.25, 0.3) is 0 Å². The Kier molecular flexibility index (Phi) is 4.19. The summed E-state index contributed by atoms with van der Waals surface area (Å²) in [5, 5.41) is 3.37. The van der Waals surface area contributed by atoms with Crippen LogP contribution in [-0.4, -0.2) is 11.5 Å². The van der Waals surface area contributed by atoms with Crippen LogP contribution in [0.5, 0.6) is 0 Å². The summed E-state index contributed by atoms with van der Waals surface area (Å²) < 4.78 is 0. The summed E-state index contributed by atoms with van der Waals surface area (Å²) in [6, 6.07) is 6.29. The molecule has 1 aromatic heterocycles. The van der Waals surface area contributed by atoms with E-state index < -0.39 is 0 Å². The van der Waals surface area contributed by atoms with E-state index in [4.69, 9.17) is 0 Å².